The lowest BCUT2D eigenvalue weighted by atomic mass is 9.89. The SMILES string of the molecule is Clc1cncnc1NCC1CCC(Cl)CC1. The van der Waals surface area contributed by atoms with E-state index in [9.17, 15) is 0 Å². The second-order valence-corrected chi connectivity index (χ2v) is 5.24. The van der Waals surface area contributed by atoms with Gasteiger partial charge in [-0.3, -0.25) is 0 Å². The molecule has 1 saturated carbocycles. The first-order valence-electron chi connectivity index (χ1n) is 5.59. The van der Waals surface area contributed by atoms with Crippen LogP contribution in [0, 0.1) is 5.92 Å². The highest BCUT2D eigenvalue weighted by Gasteiger charge is 2.19. The molecule has 0 amide bonds. The van der Waals surface area contributed by atoms with E-state index in [0.29, 0.717) is 16.3 Å². The highest BCUT2D eigenvalue weighted by molar-refractivity contribution is 6.32. The molecule has 1 aliphatic carbocycles. The van der Waals surface area contributed by atoms with E-state index < -0.39 is 0 Å². The van der Waals surface area contributed by atoms with Gasteiger partial charge in [0, 0.05) is 11.9 Å². The third-order valence-corrected chi connectivity index (χ3v) is 3.72. The summed E-state index contributed by atoms with van der Waals surface area (Å²) < 4.78 is 0. The number of alkyl halides is 1. The number of nitrogens with zero attached hydrogens (tertiary/aromatic N) is 2. The van der Waals surface area contributed by atoms with Gasteiger partial charge in [-0.05, 0) is 31.6 Å². The summed E-state index contributed by atoms with van der Waals surface area (Å²) in [5, 5.41) is 4.22. The molecular weight excluding hydrogens is 245 g/mol. The molecule has 1 aromatic heterocycles. The smallest absolute Gasteiger partial charge is 0.148 e. The highest BCUT2D eigenvalue weighted by atomic mass is 35.5. The second kappa shape index (κ2) is 5.69. The molecule has 88 valence electrons. The van der Waals surface area contributed by atoms with Crippen LogP contribution in [0.2, 0.25) is 5.02 Å². The van der Waals surface area contributed by atoms with Crippen molar-refractivity contribution in [1.29, 1.82) is 0 Å². The fourth-order valence-corrected chi connectivity index (χ4v) is 2.43. The Morgan fingerprint density at radius 1 is 1.31 bits per heavy atom. The molecule has 0 aromatic carbocycles. The van der Waals surface area contributed by atoms with E-state index in [2.05, 4.69) is 15.3 Å². The maximum absolute atomic E-state index is 6.06. The van der Waals surface area contributed by atoms with Gasteiger partial charge in [-0.25, -0.2) is 9.97 Å². The Morgan fingerprint density at radius 2 is 2.06 bits per heavy atom. The molecule has 3 nitrogen and oxygen atoms in total. The summed E-state index contributed by atoms with van der Waals surface area (Å²) in [6.07, 6.45) is 7.71. The van der Waals surface area contributed by atoms with Crippen LogP contribution >= 0.6 is 23.2 Å². The van der Waals surface area contributed by atoms with Gasteiger partial charge in [-0.1, -0.05) is 11.6 Å². The van der Waals surface area contributed by atoms with Crippen molar-refractivity contribution in [2.45, 2.75) is 31.1 Å². The number of aromatic nitrogens is 2. The van der Waals surface area contributed by atoms with Crippen molar-refractivity contribution in [2.24, 2.45) is 5.92 Å². The first-order valence-corrected chi connectivity index (χ1v) is 6.40. The molecule has 1 aromatic rings. The van der Waals surface area contributed by atoms with Crippen LogP contribution in [-0.2, 0) is 0 Å². The van der Waals surface area contributed by atoms with Gasteiger partial charge < -0.3 is 5.32 Å². The minimum absolute atomic E-state index is 0.374. The maximum atomic E-state index is 6.06. The fourth-order valence-electron chi connectivity index (χ4n) is 2.01. The number of nitrogens with one attached hydrogen (secondary N) is 1. The zero-order valence-corrected chi connectivity index (χ0v) is 10.5. The van der Waals surface area contributed by atoms with Crippen LogP contribution in [0.1, 0.15) is 25.7 Å². The molecule has 2 rings (SSSR count). The third-order valence-electron chi connectivity index (χ3n) is 3.00. The summed E-state index contributed by atoms with van der Waals surface area (Å²) in [4.78, 5) is 7.95. The summed E-state index contributed by atoms with van der Waals surface area (Å²) in [7, 11) is 0. The van der Waals surface area contributed by atoms with Crippen molar-refractivity contribution in [3.05, 3.63) is 17.5 Å². The Balaban J connectivity index is 1.81. The first kappa shape index (κ1) is 11.9. The lowest BCUT2D eigenvalue weighted by molar-refractivity contribution is 0.377. The van der Waals surface area contributed by atoms with Crippen molar-refractivity contribution in [3.8, 4) is 0 Å². The minimum atomic E-state index is 0.374. The number of halogens is 2. The van der Waals surface area contributed by atoms with Gasteiger partial charge in [0.25, 0.3) is 0 Å². The van der Waals surface area contributed by atoms with E-state index in [0.717, 1.165) is 25.2 Å². The molecule has 1 aliphatic rings. The third kappa shape index (κ3) is 3.22. The molecule has 0 bridgehead atoms. The van der Waals surface area contributed by atoms with Crippen molar-refractivity contribution in [2.75, 3.05) is 11.9 Å². The summed E-state index contributed by atoms with van der Waals surface area (Å²) in [6, 6.07) is 0. The Bertz CT molecular complexity index is 338. The van der Waals surface area contributed by atoms with E-state index in [1.165, 1.54) is 19.2 Å². The Morgan fingerprint density at radius 3 is 2.75 bits per heavy atom. The Hall–Kier alpha value is -0.540. The molecule has 16 heavy (non-hydrogen) atoms. The minimum Gasteiger partial charge on any atom is -0.368 e. The first-order chi connectivity index (χ1) is 7.75. The molecule has 0 spiro atoms. The maximum Gasteiger partial charge on any atom is 0.148 e. The number of anilines is 1. The predicted octanol–water partition coefficient (Wildman–Crippen LogP) is 3.34. The molecule has 0 aliphatic heterocycles. The topological polar surface area (TPSA) is 37.8 Å². The van der Waals surface area contributed by atoms with Crippen LogP contribution in [0.3, 0.4) is 0 Å². The summed E-state index contributed by atoms with van der Waals surface area (Å²) in [5.41, 5.74) is 0. The van der Waals surface area contributed by atoms with Crippen molar-refractivity contribution < 1.29 is 0 Å². The normalized spacial score (nSPS) is 25.4. The zero-order chi connectivity index (χ0) is 11.4. The van der Waals surface area contributed by atoms with Crippen LogP contribution in [0.25, 0.3) is 0 Å². The number of hydrogen-bond acceptors (Lipinski definition) is 3. The van der Waals surface area contributed by atoms with Crippen LogP contribution in [-0.4, -0.2) is 21.9 Å². The molecule has 0 atom stereocenters. The van der Waals surface area contributed by atoms with Crippen LogP contribution in [0.4, 0.5) is 5.82 Å². The molecule has 1 N–H and O–H groups in total. The van der Waals surface area contributed by atoms with E-state index in [4.69, 9.17) is 23.2 Å². The molecule has 0 radical (unpaired) electrons. The van der Waals surface area contributed by atoms with Crippen LogP contribution in [0.5, 0.6) is 0 Å². The summed E-state index contributed by atoms with van der Waals surface area (Å²) in [6.45, 7) is 0.917. The number of rotatable bonds is 3. The largest absolute Gasteiger partial charge is 0.368 e. The molecule has 0 unspecified atom stereocenters. The van der Waals surface area contributed by atoms with Gasteiger partial charge in [-0.2, -0.15) is 0 Å². The molecule has 0 saturated heterocycles. The van der Waals surface area contributed by atoms with Gasteiger partial charge in [-0.15, -0.1) is 11.6 Å². The van der Waals surface area contributed by atoms with E-state index in [1.807, 2.05) is 0 Å². The zero-order valence-electron chi connectivity index (χ0n) is 9.00. The van der Waals surface area contributed by atoms with Gasteiger partial charge in [0.2, 0.25) is 0 Å². The fraction of sp³-hybridized carbons (Fsp3) is 0.636. The van der Waals surface area contributed by atoms with E-state index in [-0.39, 0.29) is 0 Å². The monoisotopic (exact) mass is 259 g/mol. The average Bonchev–Trinajstić information content (AvgIpc) is 2.30. The standard InChI is InChI=1S/C11H15Cl2N3/c12-9-3-1-8(2-4-9)5-15-11-10(13)6-14-7-16-11/h6-9H,1-5H2,(H,14,15,16). The second-order valence-electron chi connectivity index (χ2n) is 4.22. The lowest BCUT2D eigenvalue weighted by Gasteiger charge is -2.25. The van der Waals surface area contributed by atoms with Crippen LogP contribution < -0.4 is 5.32 Å². The quantitative estimate of drug-likeness (QED) is 0.847. The summed E-state index contributed by atoms with van der Waals surface area (Å²) in [5.74, 6) is 1.41. The van der Waals surface area contributed by atoms with Crippen LogP contribution in [0.15, 0.2) is 12.5 Å². The predicted molar refractivity (Wildman–Crippen MR) is 67.1 cm³/mol. The molecule has 1 fully saturated rings. The van der Waals surface area contributed by atoms with Gasteiger partial charge in [0.05, 0.1) is 6.20 Å². The summed E-state index contributed by atoms with van der Waals surface area (Å²) >= 11 is 12.0. The lowest BCUT2D eigenvalue weighted by Crippen LogP contribution is -2.21. The van der Waals surface area contributed by atoms with Gasteiger partial charge in [0.15, 0.2) is 0 Å². The van der Waals surface area contributed by atoms with E-state index >= 15 is 0 Å². The number of hydrogen-bond donors (Lipinski definition) is 1. The molecule has 1 heterocycles. The highest BCUT2D eigenvalue weighted by Crippen LogP contribution is 2.28. The van der Waals surface area contributed by atoms with Crippen molar-refractivity contribution >= 4 is 29.0 Å². The average molecular weight is 260 g/mol. The van der Waals surface area contributed by atoms with Gasteiger partial charge in [0.1, 0.15) is 17.2 Å². The van der Waals surface area contributed by atoms with E-state index in [1.54, 1.807) is 6.20 Å². The molecular formula is C11H15Cl2N3. The Kier molecular flexibility index (Phi) is 4.24. The van der Waals surface area contributed by atoms with Gasteiger partial charge >= 0.3 is 0 Å². The van der Waals surface area contributed by atoms with Crippen molar-refractivity contribution in [3.63, 3.8) is 0 Å². The Labute approximate surface area is 106 Å². The molecule has 5 heteroatoms. The van der Waals surface area contributed by atoms with Crippen molar-refractivity contribution in [1.82, 2.24) is 9.97 Å².